The Labute approximate surface area is 809 Å². The minimum Gasteiger partial charge on any atom is -0.346 e. The molecule has 0 fully saturated rings. The average molecular weight is 2240 g/mol. The summed E-state index contributed by atoms with van der Waals surface area (Å²) in [4.78, 5) is 35.2. The third kappa shape index (κ3) is 17.9. The van der Waals surface area contributed by atoms with Crippen molar-refractivity contribution in [3.63, 3.8) is 0 Å². The number of hydrogen-bond acceptors (Lipinski definition) is 9. The Kier molecular flexibility index (Phi) is 26.3. The molecule has 2 aliphatic rings. The second-order valence-electron chi connectivity index (χ2n) is 32.0. The summed E-state index contributed by atoms with van der Waals surface area (Å²) in [6.07, 6.45) is 11.6. The SMILES string of the molecule is CC1(C)c2ccccc2-c2cc(-c3[c-]c(N(c4[c-]c(-c5ccccn5)ccc4)c4ccccc4)ccc3)ncc21.[Pt+2].[Pt+2].[Pt+2].[c-]1c(-c2ccccn2)cccc1N(c1[c-]c(-c2cc3c(cn2)B(c2ccccc2)c2ccccc2-3)ccc1)c1ccccc1.[c-]1c(-c2ccccn2)cccc1N(c1[c-]c(-c2cc3c4ccccc4p(-c4ccccc4)c3cn2)ccc1)c1ccccc1. The zero-order chi connectivity index (χ0) is 85.7. The topological polar surface area (TPSA) is 87.1 Å². The number of aromatic nitrogens is 6. The van der Waals surface area contributed by atoms with Crippen LogP contribution in [0.3, 0.4) is 0 Å². The van der Waals surface area contributed by atoms with Gasteiger partial charge < -0.3 is 44.6 Å². The van der Waals surface area contributed by atoms with E-state index in [1.807, 2.05) is 116 Å². The van der Waals surface area contributed by atoms with Crippen molar-refractivity contribution in [3.05, 3.63) is 491 Å². The van der Waals surface area contributed by atoms with Crippen molar-refractivity contribution < 1.29 is 63.2 Å². The number of nitrogens with zero attached hydrogens (tertiary/aromatic N) is 9. The smallest absolute Gasteiger partial charge is 0.346 e. The molecule has 0 saturated carbocycles. The summed E-state index contributed by atoms with van der Waals surface area (Å²) in [5.41, 5.74) is 31.0. The van der Waals surface area contributed by atoms with Crippen LogP contribution in [0.15, 0.2) is 444 Å². The van der Waals surface area contributed by atoms with Crippen LogP contribution < -0.4 is 31.1 Å². The van der Waals surface area contributed by atoms with Crippen LogP contribution in [0.4, 0.5) is 51.2 Å². The van der Waals surface area contributed by atoms with Gasteiger partial charge in [0, 0.05) is 69.9 Å². The van der Waals surface area contributed by atoms with Gasteiger partial charge in [-0.3, -0.25) is 0 Å². The Bertz CT molecular complexity index is 7580. The molecule has 0 bridgehead atoms. The number of rotatable bonds is 17. The Hall–Kier alpha value is -14.2. The molecule has 9 nitrogen and oxygen atoms in total. The summed E-state index contributed by atoms with van der Waals surface area (Å²) < 4.78 is 0. The van der Waals surface area contributed by atoms with Gasteiger partial charge in [0.25, 0.3) is 0 Å². The molecule has 0 spiro atoms. The van der Waals surface area contributed by atoms with Gasteiger partial charge in [0.2, 0.25) is 6.71 Å². The standard InChI is InChI=1S/C40H26BN3.C40H26N3P.C37H27N3.3Pt/c1-3-15-31(16-4-1)41-37-22-8-7-21-35(37)36-27-40(43-28-38(36)41)30-14-12-20-34(26-30)44(32-17-5-2-6-18-32)33-19-11-13-29(25-33)39-23-9-10-24-42-39;1-3-15-31(16-4-1)43(32-17-11-13-29(25-32)37-22-9-10-24-41-37)33-18-12-14-30(26-33)38-27-36-35-21-7-8-23-39(35)44(40(36)28-42-38)34-19-5-2-6-20-34;1-37(2)33-19-7-6-18-31(33)32-24-36(39-25-34(32)37)27-13-11-17-30(23-27)40(28-14-4-3-5-15-28)29-16-10-12-26(22-29)35-20-8-9-21-38-35;;;/h2*1-24,27-28H;3-21,24-25H,1-2H3;;;/q3*-2;3*+2. The van der Waals surface area contributed by atoms with Gasteiger partial charge >= 0.3 is 63.2 Å². The third-order valence-corrected chi connectivity index (χ3v) is 26.3. The Balaban J connectivity index is 0.000000131. The predicted octanol–water partition coefficient (Wildman–Crippen LogP) is 27.7. The molecule has 0 N–H and O–H groups in total. The monoisotopic (exact) mass is 2240 g/mol. The molecule has 14 aromatic carbocycles. The molecule has 7 aromatic heterocycles. The van der Waals surface area contributed by atoms with Crippen LogP contribution in [0, 0.1) is 36.4 Å². The van der Waals surface area contributed by atoms with Gasteiger partial charge in [-0.15, -0.1) is 179 Å². The fourth-order valence-corrected chi connectivity index (χ4v) is 20.3. The minimum absolute atomic E-state index is 0. The van der Waals surface area contributed by atoms with E-state index in [0.717, 1.165) is 119 Å². The molecule has 0 saturated heterocycles. The van der Waals surface area contributed by atoms with Gasteiger partial charge in [-0.1, -0.05) is 275 Å². The van der Waals surface area contributed by atoms with Crippen molar-refractivity contribution in [1.29, 1.82) is 0 Å². The van der Waals surface area contributed by atoms with Crippen LogP contribution >= 0.6 is 7.53 Å². The van der Waals surface area contributed by atoms with Crippen LogP contribution in [0.25, 0.3) is 116 Å². The number of hydrogen-bond donors (Lipinski definition) is 0. The first-order valence-electron chi connectivity index (χ1n) is 42.9. The van der Waals surface area contributed by atoms with Crippen molar-refractivity contribution in [2.75, 3.05) is 14.7 Å². The molecule has 23 rings (SSSR count). The maximum Gasteiger partial charge on any atom is 2.00 e. The van der Waals surface area contributed by atoms with Crippen molar-refractivity contribution in [2.24, 2.45) is 0 Å². The maximum absolute atomic E-state index is 5.03. The molecule has 1 unspecified atom stereocenters. The van der Waals surface area contributed by atoms with Crippen molar-refractivity contribution in [1.82, 2.24) is 29.9 Å². The quantitative estimate of drug-likeness (QED) is 0.0653. The fourth-order valence-electron chi connectivity index (χ4n) is 17.8. The zero-order valence-corrected chi connectivity index (χ0v) is 78.9. The second kappa shape index (κ2) is 39.4. The molecule has 1 atom stereocenters. The Morgan fingerprint density at radius 3 is 1.06 bits per heavy atom. The summed E-state index contributed by atoms with van der Waals surface area (Å²) in [5.74, 6) is 0. The molecule has 131 heavy (non-hydrogen) atoms. The number of fused-ring (bicyclic) bond motifs is 9. The van der Waals surface area contributed by atoms with E-state index in [-0.39, 0.29) is 75.3 Å². The van der Waals surface area contributed by atoms with Gasteiger partial charge in [0.05, 0.1) is 0 Å². The van der Waals surface area contributed by atoms with Gasteiger partial charge in [0.1, 0.15) is 0 Å². The summed E-state index contributed by atoms with van der Waals surface area (Å²) >= 11 is 0. The molecule has 630 valence electrons. The molecule has 21 aromatic rings. The van der Waals surface area contributed by atoms with Gasteiger partial charge in [-0.2, -0.15) is 0 Å². The van der Waals surface area contributed by atoms with Crippen molar-refractivity contribution >= 4 is 103 Å². The summed E-state index contributed by atoms with van der Waals surface area (Å²) in [6.45, 7) is 4.73. The van der Waals surface area contributed by atoms with Gasteiger partial charge in [0.15, 0.2) is 0 Å². The number of benzene rings is 14. The maximum atomic E-state index is 5.03. The van der Waals surface area contributed by atoms with E-state index < -0.39 is 7.53 Å². The largest absolute Gasteiger partial charge is 2.00 e. The van der Waals surface area contributed by atoms with Gasteiger partial charge in [-0.05, 0) is 178 Å². The van der Waals surface area contributed by atoms with Crippen molar-refractivity contribution in [2.45, 2.75) is 19.3 Å². The minimum atomic E-state index is -0.643. The molecule has 1 aliphatic heterocycles. The summed E-state index contributed by atoms with van der Waals surface area (Å²) in [7, 11) is -0.643. The molecule has 0 amide bonds. The van der Waals surface area contributed by atoms with Gasteiger partial charge in [-0.25, -0.2) is 0 Å². The number of pyridine rings is 6. The third-order valence-electron chi connectivity index (χ3n) is 23.8. The first kappa shape index (κ1) is 87.5. The molecule has 14 heteroatoms. The van der Waals surface area contributed by atoms with E-state index in [1.165, 1.54) is 76.1 Å². The van der Waals surface area contributed by atoms with E-state index in [1.54, 1.807) is 0 Å². The first-order chi connectivity index (χ1) is 63.3. The Morgan fingerprint density at radius 2 is 0.611 bits per heavy atom. The van der Waals surface area contributed by atoms with E-state index in [0.29, 0.717) is 0 Å². The summed E-state index contributed by atoms with van der Waals surface area (Å²) in [5, 5.41) is 6.59. The van der Waals surface area contributed by atoms with Crippen molar-refractivity contribution in [3.8, 4) is 95.1 Å². The molecule has 0 radical (unpaired) electrons. The van der Waals surface area contributed by atoms with Crippen LogP contribution in [0.5, 0.6) is 0 Å². The van der Waals surface area contributed by atoms with E-state index in [2.05, 4.69) is 408 Å². The van der Waals surface area contributed by atoms with Crippen LogP contribution in [-0.4, -0.2) is 36.6 Å². The van der Waals surface area contributed by atoms with E-state index >= 15 is 0 Å². The average Bonchev–Trinajstić information content (AvgIpc) is 1.58. The fraction of sp³-hybridized carbons (Fsp3) is 0.0256. The molecule has 8 heterocycles. The van der Waals surface area contributed by atoms with Crippen LogP contribution in [-0.2, 0) is 68.6 Å². The Morgan fingerprint density at radius 1 is 0.252 bits per heavy atom. The van der Waals surface area contributed by atoms with E-state index in [4.69, 9.17) is 15.0 Å². The zero-order valence-electron chi connectivity index (χ0n) is 71.1. The second-order valence-corrected chi connectivity index (χ2v) is 34.2. The number of para-hydroxylation sites is 3. The van der Waals surface area contributed by atoms with E-state index in [9.17, 15) is 0 Å². The normalized spacial score (nSPS) is 11.7. The van der Waals surface area contributed by atoms with Crippen LogP contribution in [0.2, 0.25) is 0 Å². The molecular formula is C117H79BN9PPt3. The molecule has 1 aliphatic carbocycles. The molecular weight excluding hydrogens is 2160 g/mol. The number of anilines is 9. The summed E-state index contributed by atoms with van der Waals surface area (Å²) in [6, 6.07) is 162. The van der Waals surface area contributed by atoms with Crippen LogP contribution in [0.1, 0.15) is 25.0 Å². The predicted molar refractivity (Wildman–Crippen MR) is 529 cm³/mol. The first-order valence-corrected chi connectivity index (χ1v) is 44.2.